The lowest BCUT2D eigenvalue weighted by atomic mass is 10.3. The molecule has 0 saturated carbocycles. The van der Waals surface area contributed by atoms with Gasteiger partial charge in [-0.05, 0) is 55.5 Å². The zero-order valence-electron chi connectivity index (χ0n) is 12.8. The summed E-state index contributed by atoms with van der Waals surface area (Å²) >= 11 is 11.2. The molecule has 5 nitrogen and oxygen atoms in total. The third kappa shape index (κ3) is 2.86. The molecule has 1 aliphatic heterocycles. The number of thiocarbonyl (C=S) groups is 1. The minimum absolute atomic E-state index is 0.0359. The summed E-state index contributed by atoms with van der Waals surface area (Å²) < 4.78 is 5.40. The Kier molecular flexibility index (Phi) is 4.51. The second-order valence-electron chi connectivity index (χ2n) is 5.01. The number of benzene rings is 2. The van der Waals surface area contributed by atoms with E-state index in [-0.39, 0.29) is 10.8 Å². The molecular weight excluding hydrogens is 346 g/mol. The van der Waals surface area contributed by atoms with E-state index in [1.54, 1.807) is 48.5 Å². The number of halogens is 1. The van der Waals surface area contributed by atoms with E-state index in [0.29, 0.717) is 28.8 Å². The normalized spacial score (nSPS) is 14.5. The van der Waals surface area contributed by atoms with Crippen LogP contribution in [0.3, 0.4) is 0 Å². The van der Waals surface area contributed by atoms with Crippen LogP contribution in [0.1, 0.15) is 6.92 Å². The standard InChI is InChI=1S/C17H14ClN3O2S/c1-2-23-14-9-7-13(8-10-14)21-16(24)15(19)20(17(21)22)12-5-3-11(18)4-6-12/h3-10,19H,2H2,1H3. The Balaban J connectivity index is 1.92. The van der Waals surface area contributed by atoms with Gasteiger partial charge in [0.15, 0.2) is 10.8 Å². The molecule has 0 radical (unpaired) electrons. The average molecular weight is 360 g/mol. The number of amides is 2. The van der Waals surface area contributed by atoms with Crippen LogP contribution in [0.15, 0.2) is 48.5 Å². The molecule has 1 heterocycles. The van der Waals surface area contributed by atoms with E-state index in [9.17, 15) is 4.79 Å². The molecule has 1 fully saturated rings. The largest absolute Gasteiger partial charge is 0.494 e. The van der Waals surface area contributed by atoms with Crippen LogP contribution < -0.4 is 14.5 Å². The maximum absolute atomic E-state index is 12.8. The van der Waals surface area contributed by atoms with Gasteiger partial charge in [0, 0.05) is 5.02 Å². The van der Waals surface area contributed by atoms with Crippen molar-refractivity contribution in [2.24, 2.45) is 0 Å². The number of nitrogens with zero attached hydrogens (tertiary/aromatic N) is 2. The van der Waals surface area contributed by atoms with E-state index in [4.69, 9.17) is 34.0 Å². The predicted molar refractivity (Wildman–Crippen MR) is 99.7 cm³/mol. The van der Waals surface area contributed by atoms with Crippen LogP contribution in [0.4, 0.5) is 16.2 Å². The van der Waals surface area contributed by atoms with Crippen molar-refractivity contribution < 1.29 is 9.53 Å². The average Bonchev–Trinajstić information content (AvgIpc) is 2.80. The first-order valence-corrected chi connectivity index (χ1v) is 8.07. The number of carbonyl (C=O) groups is 1. The minimum Gasteiger partial charge on any atom is -0.494 e. The number of hydrogen-bond donors (Lipinski definition) is 1. The quantitative estimate of drug-likeness (QED) is 0.818. The Labute approximate surface area is 149 Å². The van der Waals surface area contributed by atoms with E-state index < -0.39 is 6.03 Å². The van der Waals surface area contributed by atoms with Crippen molar-refractivity contribution in [3.63, 3.8) is 0 Å². The van der Waals surface area contributed by atoms with Crippen molar-refractivity contribution in [3.05, 3.63) is 53.6 Å². The third-order valence-corrected chi connectivity index (χ3v) is 4.13. The molecule has 1 N–H and O–H groups in total. The summed E-state index contributed by atoms with van der Waals surface area (Å²) in [6.45, 7) is 2.47. The summed E-state index contributed by atoms with van der Waals surface area (Å²) in [6, 6.07) is 13.3. The molecule has 7 heteroatoms. The van der Waals surface area contributed by atoms with Gasteiger partial charge in [0.1, 0.15) is 5.75 Å². The van der Waals surface area contributed by atoms with Crippen LogP contribution in [0.5, 0.6) is 5.75 Å². The Morgan fingerprint density at radius 3 is 2.17 bits per heavy atom. The van der Waals surface area contributed by atoms with E-state index in [1.165, 1.54) is 9.80 Å². The number of nitrogens with one attached hydrogen (secondary N) is 1. The number of carbonyl (C=O) groups excluding carboxylic acids is 1. The van der Waals surface area contributed by atoms with Crippen molar-refractivity contribution >= 4 is 52.0 Å². The third-order valence-electron chi connectivity index (χ3n) is 3.50. The summed E-state index contributed by atoms with van der Waals surface area (Å²) in [4.78, 5) is 15.5. The highest BCUT2D eigenvalue weighted by Gasteiger charge is 2.40. The SMILES string of the molecule is CCOc1ccc(N2C(=O)N(c3ccc(Cl)cc3)C(=N)C2=S)cc1. The van der Waals surface area contributed by atoms with Gasteiger partial charge in [-0.25, -0.2) is 14.6 Å². The maximum atomic E-state index is 12.8. The van der Waals surface area contributed by atoms with E-state index >= 15 is 0 Å². The fourth-order valence-corrected chi connectivity index (χ4v) is 2.80. The Morgan fingerprint density at radius 2 is 1.58 bits per heavy atom. The fourth-order valence-electron chi connectivity index (χ4n) is 2.40. The number of anilines is 2. The summed E-state index contributed by atoms with van der Waals surface area (Å²) in [6.07, 6.45) is 0. The summed E-state index contributed by atoms with van der Waals surface area (Å²) in [5.41, 5.74) is 1.14. The zero-order valence-corrected chi connectivity index (χ0v) is 14.4. The van der Waals surface area contributed by atoms with Gasteiger partial charge in [0.05, 0.1) is 18.0 Å². The Morgan fingerprint density at radius 1 is 1.04 bits per heavy atom. The highest BCUT2D eigenvalue weighted by atomic mass is 35.5. The lowest BCUT2D eigenvalue weighted by molar-refractivity contribution is 0.257. The Hall–Kier alpha value is -2.44. The molecule has 24 heavy (non-hydrogen) atoms. The molecule has 1 aliphatic rings. The molecule has 2 amide bonds. The molecule has 3 rings (SSSR count). The molecule has 2 aromatic rings. The molecule has 122 valence electrons. The van der Waals surface area contributed by atoms with Crippen molar-refractivity contribution in [3.8, 4) is 5.75 Å². The second-order valence-corrected chi connectivity index (χ2v) is 5.83. The van der Waals surface area contributed by atoms with Gasteiger partial charge < -0.3 is 4.74 Å². The number of urea groups is 1. The molecule has 0 spiro atoms. The van der Waals surface area contributed by atoms with Crippen LogP contribution in [-0.4, -0.2) is 23.5 Å². The van der Waals surface area contributed by atoms with Crippen LogP contribution in [0.2, 0.25) is 5.02 Å². The van der Waals surface area contributed by atoms with Crippen molar-refractivity contribution in [2.75, 3.05) is 16.4 Å². The van der Waals surface area contributed by atoms with Crippen molar-refractivity contribution in [2.45, 2.75) is 6.92 Å². The Bertz CT molecular complexity index is 806. The lowest BCUT2D eigenvalue weighted by Gasteiger charge is -2.17. The van der Waals surface area contributed by atoms with Crippen molar-refractivity contribution in [1.82, 2.24) is 0 Å². The molecule has 0 aliphatic carbocycles. The molecule has 0 unspecified atom stereocenters. The fraction of sp³-hybridized carbons (Fsp3) is 0.118. The zero-order chi connectivity index (χ0) is 17.3. The van der Waals surface area contributed by atoms with Crippen LogP contribution >= 0.6 is 23.8 Å². The maximum Gasteiger partial charge on any atom is 0.340 e. The highest BCUT2D eigenvalue weighted by molar-refractivity contribution is 7.82. The molecule has 1 saturated heterocycles. The smallest absolute Gasteiger partial charge is 0.340 e. The highest BCUT2D eigenvalue weighted by Crippen LogP contribution is 2.29. The molecule has 2 aromatic carbocycles. The number of amidine groups is 1. The van der Waals surface area contributed by atoms with Crippen LogP contribution in [-0.2, 0) is 0 Å². The van der Waals surface area contributed by atoms with E-state index in [1.807, 2.05) is 6.92 Å². The van der Waals surface area contributed by atoms with E-state index in [2.05, 4.69) is 0 Å². The number of rotatable bonds is 4. The van der Waals surface area contributed by atoms with Crippen molar-refractivity contribution in [1.29, 1.82) is 5.41 Å². The van der Waals surface area contributed by atoms with Gasteiger partial charge in [0.25, 0.3) is 0 Å². The summed E-state index contributed by atoms with van der Waals surface area (Å²) in [5.74, 6) is 0.676. The summed E-state index contributed by atoms with van der Waals surface area (Å²) in [7, 11) is 0. The number of hydrogen-bond acceptors (Lipinski definition) is 4. The predicted octanol–water partition coefficient (Wildman–Crippen LogP) is 4.49. The topological polar surface area (TPSA) is 56.6 Å². The molecule has 0 bridgehead atoms. The van der Waals surface area contributed by atoms with Gasteiger partial charge in [-0.15, -0.1) is 0 Å². The van der Waals surface area contributed by atoms with Gasteiger partial charge in [0.2, 0.25) is 0 Å². The monoisotopic (exact) mass is 359 g/mol. The van der Waals surface area contributed by atoms with Gasteiger partial charge in [-0.1, -0.05) is 23.8 Å². The van der Waals surface area contributed by atoms with Crippen LogP contribution in [0.25, 0.3) is 0 Å². The number of ether oxygens (including phenoxy) is 1. The lowest BCUT2D eigenvalue weighted by Crippen LogP contribution is -2.33. The molecular formula is C17H14ClN3O2S. The summed E-state index contributed by atoms with van der Waals surface area (Å²) in [5, 5.41) is 8.74. The van der Waals surface area contributed by atoms with Gasteiger partial charge in [-0.2, -0.15) is 0 Å². The van der Waals surface area contributed by atoms with Crippen LogP contribution in [0, 0.1) is 5.41 Å². The van der Waals surface area contributed by atoms with Gasteiger partial charge >= 0.3 is 6.03 Å². The first kappa shape index (κ1) is 16.4. The first-order chi connectivity index (χ1) is 11.5. The molecule has 0 aromatic heterocycles. The first-order valence-electron chi connectivity index (χ1n) is 7.28. The van der Waals surface area contributed by atoms with Gasteiger partial charge in [-0.3, -0.25) is 5.41 Å². The second kappa shape index (κ2) is 6.59. The molecule has 0 atom stereocenters. The minimum atomic E-state index is -0.392. The van der Waals surface area contributed by atoms with E-state index in [0.717, 1.165) is 0 Å².